The molecule has 4 rings (SSSR count). The first-order valence-corrected chi connectivity index (χ1v) is 7.50. The third-order valence-corrected chi connectivity index (χ3v) is 4.07. The Morgan fingerprint density at radius 3 is 3.05 bits per heavy atom. The Morgan fingerprint density at radius 2 is 2.24 bits per heavy atom. The number of hydrogen-bond acceptors (Lipinski definition) is 3. The third-order valence-electron chi connectivity index (χ3n) is 4.07. The van der Waals surface area contributed by atoms with Crippen molar-refractivity contribution in [2.24, 2.45) is 0 Å². The first-order valence-electron chi connectivity index (χ1n) is 7.50. The van der Waals surface area contributed by atoms with Crippen LogP contribution in [-0.2, 0) is 9.47 Å². The monoisotopic (exact) mass is 282 g/mol. The van der Waals surface area contributed by atoms with E-state index >= 15 is 0 Å². The summed E-state index contributed by atoms with van der Waals surface area (Å²) >= 11 is 0. The second-order valence-electron chi connectivity index (χ2n) is 5.44. The summed E-state index contributed by atoms with van der Waals surface area (Å²) in [6, 6.07) is 6.19. The molecule has 0 radical (unpaired) electrons. The van der Waals surface area contributed by atoms with E-state index in [4.69, 9.17) is 9.47 Å². The molecule has 108 valence electrons. The number of pyridine rings is 1. The van der Waals surface area contributed by atoms with Gasteiger partial charge in [-0.05, 0) is 49.6 Å². The zero-order valence-corrected chi connectivity index (χ0v) is 11.8. The van der Waals surface area contributed by atoms with Crippen LogP contribution in [-0.4, -0.2) is 16.2 Å². The smallest absolute Gasteiger partial charge is 0.156 e. The van der Waals surface area contributed by atoms with Gasteiger partial charge in [-0.2, -0.15) is 0 Å². The molecule has 0 aliphatic carbocycles. The van der Waals surface area contributed by atoms with Crippen LogP contribution < -0.4 is 0 Å². The van der Waals surface area contributed by atoms with Crippen LogP contribution in [0.15, 0.2) is 48.9 Å². The minimum atomic E-state index is -0.0743. The molecule has 4 heterocycles. The number of allylic oxidation sites excluding steroid dienone is 2. The largest absolute Gasteiger partial charge is 0.488 e. The maximum atomic E-state index is 6.00. The van der Waals surface area contributed by atoms with Crippen LogP contribution in [0.3, 0.4) is 0 Å². The molecule has 0 aromatic carbocycles. The first-order chi connectivity index (χ1) is 10.4. The van der Waals surface area contributed by atoms with Crippen LogP contribution >= 0.6 is 0 Å². The molecule has 2 aliphatic rings. The van der Waals surface area contributed by atoms with Crippen molar-refractivity contribution >= 4 is 11.0 Å². The van der Waals surface area contributed by atoms with Crippen molar-refractivity contribution < 1.29 is 9.47 Å². The van der Waals surface area contributed by atoms with E-state index in [1.165, 1.54) is 6.42 Å². The second kappa shape index (κ2) is 5.37. The van der Waals surface area contributed by atoms with Crippen molar-refractivity contribution in [1.82, 2.24) is 9.55 Å². The quantitative estimate of drug-likeness (QED) is 0.838. The van der Waals surface area contributed by atoms with E-state index in [9.17, 15) is 0 Å². The molecule has 4 nitrogen and oxygen atoms in total. The Balaban J connectivity index is 1.84. The molecular weight excluding hydrogens is 264 g/mol. The van der Waals surface area contributed by atoms with E-state index < -0.39 is 0 Å². The summed E-state index contributed by atoms with van der Waals surface area (Å²) in [6.07, 6.45) is 12.9. The number of nitrogens with zero attached hydrogens (tertiary/aromatic N) is 2. The summed E-state index contributed by atoms with van der Waals surface area (Å²) in [5.41, 5.74) is 3.22. The molecule has 2 unspecified atom stereocenters. The average Bonchev–Trinajstić information content (AvgIpc) is 2.96. The van der Waals surface area contributed by atoms with Gasteiger partial charge in [0.15, 0.2) is 6.10 Å². The maximum Gasteiger partial charge on any atom is 0.156 e. The number of fused-ring (bicyclic) bond motifs is 1. The number of aromatic nitrogens is 2. The molecule has 2 aliphatic heterocycles. The van der Waals surface area contributed by atoms with Gasteiger partial charge in [-0.1, -0.05) is 6.08 Å². The molecule has 0 saturated carbocycles. The van der Waals surface area contributed by atoms with Gasteiger partial charge in [0, 0.05) is 12.8 Å². The fourth-order valence-corrected chi connectivity index (χ4v) is 3.09. The summed E-state index contributed by atoms with van der Waals surface area (Å²) in [7, 11) is 0. The minimum absolute atomic E-state index is 0.0743. The van der Waals surface area contributed by atoms with E-state index in [-0.39, 0.29) is 12.3 Å². The lowest BCUT2D eigenvalue weighted by molar-refractivity contribution is -0.0331. The van der Waals surface area contributed by atoms with Crippen LogP contribution in [0.4, 0.5) is 0 Å². The lowest BCUT2D eigenvalue weighted by Gasteiger charge is -2.28. The van der Waals surface area contributed by atoms with Gasteiger partial charge in [-0.25, -0.2) is 0 Å². The predicted octanol–water partition coefficient (Wildman–Crippen LogP) is 3.88. The van der Waals surface area contributed by atoms with Crippen molar-refractivity contribution in [3.63, 3.8) is 0 Å². The summed E-state index contributed by atoms with van der Waals surface area (Å²) in [4.78, 5) is 4.48. The van der Waals surface area contributed by atoms with Crippen molar-refractivity contribution in [3.8, 4) is 0 Å². The van der Waals surface area contributed by atoms with Crippen LogP contribution in [0.1, 0.15) is 37.3 Å². The maximum absolute atomic E-state index is 6.00. The molecule has 1 saturated heterocycles. The zero-order valence-electron chi connectivity index (χ0n) is 11.8. The van der Waals surface area contributed by atoms with Gasteiger partial charge in [0.2, 0.25) is 0 Å². The van der Waals surface area contributed by atoms with Crippen LogP contribution in [0.5, 0.6) is 0 Å². The van der Waals surface area contributed by atoms with Crippen LogP contribution in [0.25, 0.3) is 11.0 Å². The van der Waals surface area contributed by atoms with Gasteiger partial charge >= 0.3 is 0 Å². The second-order valence-corrected chi connectivity index (χ2v) is 5.44. The fourth-order valence-electron chi connectivity index (χ4n) is 3.09. The number of rotatable bonds is 2. The zero-order chi connectivity index (χ0) is 14.1. The Labute approximate surface area is 123 Å². The van der Waals surface area contributed by atoms with E-state index in [2.05, 4.69) is 27.8 Å². The van der Waals surface area contributed by atoms with Gasteiger partial charge < -0.3 is 14.0 Å². The van der Waals surface area contributed by atoms with Crippen molar-refractivity contribution in [1.29, 1.82) is 0 Å². The summed E-state index contributed by atoms with van der Waals surface area (Å²) in [6.45, 7) is 0.825. The Morgan fingerprint density at radius 1 is 1.24 bits per heavy atom. The first kappa shape index (κ1) is 12.7. The predicted molar refractivity (Wildman–Crippen MR) is 80.7 cm³/mol. The van der Waals surface area contributed by atoms with Crippen molar-refractivity contribution in [2.45, 2.75) is 31.6 Å². The standard InChI is InChI=1S/C17H18N2O2/c1-3-10-20-16(7-1)15-12-13-14(6-5-9-18-13)19(15)17-8-2-4-11-21-17/h1,3,5-7,9-10,12,16-17H,2,4,8,11H2. The molecule has 2 aromatic heterocycles. The highest BCUT2D eigenvalue weighted by atomic mass is 16.5. The van der Waals surface area contributed by atoms with Crippen molar-refractivity contribution in [2.75, 3.05) is 6.61 Å². The molecule has 2 atom stereocenters. The highest BCUT2D eigenvalue weighted by Crippen LogP contribution is 2.34. The molecule has 0 bridgehead atoms. The van der Waals surface area contributed by atoms with E-state index in [0.717, 1.165) is 36.2 Å². The molecule has 2 aromatic rings. The van der Waals surface area contributed by atoms with Gasteiger partial charge in [0.25, 0.3) is 0 Å². The van der Waals surface area contributed by atoms with Gasteiger partial charge in [-0.15, -0.1) is 0 Å². The summed E-state index contributed by atoms with van der Waals surface area (Å²) < 4.78 is 14.0. The van der Waals surface area contributed by atoms with E-state index in [1.807, 2.05) is 24.4 Å². The molecule has 21 heavy (non-hydrogen) atoms. The lowest BCUT2D eigenvalue weighted by atomic mass is 10.1. The fraction of sp³-hybridized carbons (Fsp3) is 0.353. The van der Waals surface area contributed by atoms with Crippen LogP contribution in [0, 0.1) is 0 Å². The topological polar surface area (TPSA) is 36.3 Å². The van der Waals surface area contributed by atoms with Crippen LogP contribution in [0.2, 0.25) is 0 Å². The average molecular weight is 282 g/mol. The highest BCUT2D eigenvalue weighted by molar-refractivity contribution is 5.77. The minimum Gasteiger partial charge on any atom is -0.488 e. The molecular formula is C17H18N2O2. The lowest BCUT2D eigenvalue weighted by Crippen LogP contribution is -2.21. The molecule has 0 amide bonds. The van der Waals surface area contributed by atoms with E-state index in [1.54, 1.807) is 6.26 Å². The van der Waals surface area contributed by atoms with Gasteiger partial charge in [0.1, 0.15) is 6.23 Å². The molecule has 0 N–H and O–H groups in total. The number of hydrogen-bond donors (Lipinski definition) is 0. The number of ether oxygens (including phenoxy) is 2. The summed E-state index contributed by atoms with van der Waals surface area (Å²) in [5, 5.41) is 0. The molecule has 4 heteroatoms. The molecule has 0 spiro atoms. The van der Waals surface area contributed by atoms with Gasteiger partial charge in [-0.3, -0.25) is 4.98 Å². The normalized spacial score (nSPS) is 25.1. The molecule has 1 fully saturated rings. The van der Waals surface area contributed by atoms with Gasteiger partial charge in [0.05, 0.1) is 23.0 Å². The Bertz CT molecular complexity index is 696. The highest BCUT2D eigenvalue weighted by Gasteiger charge is 2.25. The SMILES string of the molecule is C1=COC(c2cc3ncccc3n2C2CCCCO2)C=C1. The Kier molecular flexibility index (Phi) is 3.24. The third kappa shape index (κ3) is 2.25. The van der Waals surface area contributed by atoms with Crippen molar-refractivity contribution in [3.05, 3.63) is 54.6 Å². The van der Waals surface area contributed by atoms with E-state index in [0.29, 0.717) is 0 Å². The summed E-state index contributed by atoms with van der Waals surface area (Å²) in [5.74, 6) is 0. The Hall–Kier alpha value is -2.07.